The van der Waals surface area contributed by atoms with E-state index >= 15 is 0 Å². The van der Waals surface area contributed by atoms with E-state index in [4.69, 9.17) is 11.6 Å². The zero-order chi connectivity index (χ0) is 14.1. The Kier molecular flexibility index (Phi) is 3.58. The fourth-order valence-corrected chi connectivity index (χ4v) is 2.94. The Morgan fingerprint density at radius 3 is 2.40 bits per heavy atom. The number of carbonyl (C=O) groups is 1. The molecular weight excluding hydrogens is 275 g/mol. The molecule has 0 unspecified atom stereocenters. The molecule has 0 aliphatic heterocycles. The van der Waals surface area contributed by atoms with Crippen molar-refractivity contribution in [2.24, 2.45) is 5.92 Å². The number of ketones is 1. The maximum Gasteiger partial charge on any atom is 0.141 e. The highest BCUT2D eigenvalue weighted by Crippen LogP contribution is 2.28. The molecule has 1 aliphatic carbocycles. The van der Waals surface area contributed by atoms with Gasteiger partial charge in [0.15, 0.2) is 0 Å². The molecule has 3 heteroatoms. The predicted molar refractivity (Wildman–Crippen MR) is 77.5 cm³/mol. The number of fused-ring (bicyclic) bond motifs is 1. The number of hydrogen-bond donors (Lipinski definition) is 0. The zero-order valence-electron chi connectivity index (χ0n) is 10.9. The van der Waals surface area contributed by atoms with Crippen molar-refractivity contribution in [1.29, 1.82) is 0 Å². The van der Waals surface area contributed by atoms with Crippen molar-refractivity contribution in [3.05, 3.63) is 70.0 Å². The standard InChI is InChI=1S/C17H14ClFO/c18-15-6-5-13(16(19)10-15)9-17(20)14-7-11-3-1-2-4-12(11)8-14/h1-6,10,14H,7-9H2. The average molecular weight is 289 g/mol. The first kappa shape index (κ1) is 13.3. The molecule has 2 aromatic rings. The highest BCUT2D eigenvalue weighted by atomic mass is 35.5. The van der Waals surface area contributed by atoms with Crippen molar-refractivity contribution >= 4 is 17.4 Å². The highest BCUT2D eigenvalue weighted by Gasteiger charge is 2.27. The number of Topliss-reactive ketones (excluding diaryl/α,β-unsaturated/α-hetero) is 1. The average Bonchev–Trinajstić information content (AvgIpc) is 2.86. The van der Waals surface area contributed by atoms with Gasteiger partial charge in [-0.15, -0.1) is 0 Å². The normalized spacial score (nSPS) is 14.3. The third kappa shape index (κ3) is 2.61. The van der Waals surface area contributed by atoms with Gasteiger partial charge in [-0.05, 0) is 41.7 Å². The second kappa shape index (κ2) is 5.37. The van der Waals surface area contributed by atoms with Gasteiger partial charge in [0, 0.05) is 17.4 Å². The summed E-state index contributed by atoms with van der Waals surface area (Å²) in [7, 11) is 0. The predicted octanol–water partition coefficient (Wildman–Crippen LogP) is 4.01. The molecule has 0 atom stereocenters. The van der Waals surface area contributed by atoms with E-state index in [1.807, 2.05) is 12.1 Å². The van der Waals surface area contributed by atoms with Gasteiger partial charge in [-0.2, -0.15) is 0 Å². The Bertz CT molecular complexity index is 641. The number of rotatable bonds is 3. The molecule has 0 radical (unpaired) electrons. The van der Waals surface area contributed by atoms with Gasteiger partial charge in [-0.25, -0.2) is 4.39 Å². The van der Waals surface area contributed by atoms with Gasteiger partial charge in [-0.1, -0.05) is 41.9 Å². The maximum absolute atomic E-state index is 13.7. The lowest BCUT2D eigenvalue weighted by molar-refractivity contribution is -0.122. The lowest BCUT2D eigenvalue weighted by Gasteiger charge is -2.09. The quantitative estimate of drug-likeness (QED) is 0.834. The molecule has 1 nitrogen and oxygen atoms in total. The van der Waals surface area contributed by atoms with Crippen LogP contribution in [0.4, 0.5) is 4.39 Å². The van der Waals surface area contributed by atoms with E-state index in [0.717, 1.165) is 12.8 Å². The third-order valence-corrected chi connectivity index (χ3v) is 4.12. The molecule has 0 heterocycles. The minimum Gasteiger partial charge on any atom is -0.299 e. The van der Waals surface area contributed by atoms with Crippen molar-refractivity contribution in [1.82, 2.24) is 0 Å². The van der Waals surface area contributed by atoms with E-state index in [2.05, 4.69) is 12.1 Å². The first-order valence-corrected chi connectivity index (χ1v) is 7.04. The molecule has 3 rings (SSSR count). The van der Waals surface area contributed by atoms with Crippen LogP contribution < -0.4 is 0 Å². The lowest BCUT2D eigenvalue weighted by Crippen LogP contribution is -2.17. The van der Waals surface area contributed by atoms with Gasteiger partial charge in [0.25, 0.3) is 0 Å². The summed E-state index contributed by atoms with van der Waals surface area (Å²) in [6.07, 6.45) is 1.68. The smallest absolute Gasteiger partial charge is 0.141 e. The van der Waals surface area contributed by atoms with Crippen molar-refractivity contribution in [3.63, 3.8) is 0 Å². The molecule has 0 amide bonds. The second-order valence-electron chi connectivity index (χ2n) is 5.25. The number of halogens is 2. The maximum atomic E-state index is 13.7. The van der Waals surface area contributed by atoms with E-state index in [1.54, 1.807) is 12.1 Å². The second-order valence-corrected chi connectivity index (χ2v) is 5.69. The van der Waals surface area contributed by atoms with Crippen LogP contribution in [0.1, 0.15) is 16.7 Å². The Balaban J connectivity index is 1.72. The SMILES string of the molecule is O=C(Cc1ccc(Cl)cc1F)C1Cc2ccccc2C1. The summed E-state index contributed by atoms with van der Waals surface area (Å²) < 4.78 is 13.7. The van der Waals surface area contributed by atoms with Crippen molar-refractivity contribution < 1.29 is 9.18 Å². The fraction of sp³-hybridized carbons (Fsp3) is 0.235. The topological polar surface area (TPSA) is 17.1 Å². The molecule has 0 saturated heterocycles. The number of benzene rings is 2. The first-order valence-electron chi connectivity index (χ1n) is 6.67. The van der Waals surface area contributed by atoms with E-state index in [0.29, 0.717) is 10.6 Å². The van der Waals surface area contributed by atoms with Crippen LogP contribution in [0, 0.1) is 11.7 Å². The van der Waals surface area contributed by atoms with Crippen LogP contribution in [-0.2, 0) is 24.1 Å². The zero-order valence-corrected chi connectivity index (χ0v) is 11.7. The van der Waals surface area contributed by atoms with Gasteiger partial charge in [-0.3, -0.25) is 4.79 Å². The van der Waals surface area contributed by atoms with E-state index in [9.17, 15) is 9.18 Å². The molecule has 0 saturated carbocycles. The Labute approximate surface area is 122 Å². The molecule has 102 valence electrons. The molecular formula is C17H14ClFO. The van der Waals surface area contributed by atoms with Crippen LogP contribution in [0.15, 0.2) is 42.5 Å². The van der Waals surface area contributed by atoms with Crippen LogP contribution in [0.2, 0.25) is 5.02 Å². The Morgan fingerprint density at radius 2 is 1.80 bits per heavy atom. The largest absolute Gasteiger partial charge is 0.299 e. The minimum atomic E-state index is -0.402. The van der Waals surface area contributed by atoms with E-state index < -0.39 is 5.82 Å². The van der Waals surface area contributed by atoms with Gasteiger partial charge >= 0.3 is 0 Å². The van der Waals surface area contributed by atoms with Gasteiger partial charge in [0.1, 0.15) is 11.6 Å². The summed E-state index contributed by atoms with van der Waals surface area (Å²) in [5, 5.41) is 0.354. The van der Waals surface area contributed by atoms with Gasteiger partial charge in [0.2, 0.25) is 0 Å². The minimum absolute atomic E-state index is 0.0255. The fourth-order valence-electron chi connectivity index (χ4n) is 2.78. The number of carbonyl (C=O) groups excluding carboxylic acids is 1. The van der Waals surface area contributed by atoms with Crippen LogP contribution in [0.25, 0.3) is 0 Å². The summed E-state index contributed by atoms with van der Waals surface area (Å²) in [5.74, 6) is -0.328. The van der Waals surface area contributed by atoms with Crippen LogP contribution in [0.3, 0.4) is 0 Å². The first-order chi connectivity index (χ1) is 9.63. The summed E-state index contributed by atoms with van der Waals surface area (Å²) in [5.41, 5.74) is 2.90. The van der Waals surface area contributed by atoms with Gasteiger partial charge in [0.05, 0.1) is 0 Å². The van der Waals surface area contributed by atoms with E-state index in [-0.39, 0.29) is 18.1 Å². The third-order valence-electron chi connectivity index (χ3n) is 3.89. The molecule has 0 N–H and O–H groups in total. The molecule has 20 heavy (non-hydrogen) atoms. The van der Waals surface area contributed by atoms with Gasteiger partial charge < -0.3 is 0 Å². The summed E-state index contributed by atoms with van der Waals surface area (Å²) in [6, 6.07) is 12.6. The summed E-state index contributed by atoms with van der Waals surface area (Å²) in [6.45, 7) is 0. The number of hydrogen-bond acceptors (Lipinski definition) is 1. The van der Waals surface area contributed by atoms with E-state index in [1.165, 1.54) is 17.2 Å². The Hall–Kier alpha value is -1.67. The molecule has 0 aromatic heterocycles. The van der Waals surface area contributed by atoms with Crippen LogP contribution >= 0.6 is 11.6 Å². The lowest BCUT2D eigenvalue weighted by atomic mass is 9.95. The van der Waals surface area contributed by atoms with Crippen molar-refractivity contribution in [2.75, 3.05) is 0 Å². The Morgan fingerprint density at radius 1 is 1.15 bits per heavy atom. The molecule has 1 aliphatic rings. The molecule has 2 aromatic carbocycles. The van der Waals surface area contributed by atoms with Crippen molar-refractivity contribution in [3.8, 4) is 0 Å². The molecule has 0 fully saturated rings. The molecule has 0 bridgehead atoms. The van der Waals surface area contributed by atoms with Crippen LogP contribution in [-0.4, -0.2) is 5.78 Å². The highest BCUT2D eigenvalue weighted by molar-refractivity contribution is 6.30. The monoisotopic (exact) mass is 288 g/mol. The molecule has 0 spiro atoms. The van der Waals surface area contributed by atoms with Crippen molar-refractivity contribution in [2.45, 2.75) is 19.3 Å². The van der Waals surface area contributed by atoms with Crippen LogP contribution in [0.5, 0.6) is 0 Å². The summed E-state index contributed by atoms with van der Waals surface area (Å²) >= 11 is 5.72. The summed E-state index contributed by atoms with van der Waals surface area (Å²) in [4.78, 5) is 12.3.